The van der Waals surface area contributed by atoms with Crippen LogP contribution in [0.5, 0.6) is 0 Å². The van der Waals surface area contributed by atoms with E-state index in [4.69, 9.17) is 9.52 Å². The topological polar surface area (TPSA) is 95.2 Å². The van der Waals surface area contributed by atoms with Crippen LogP contribution in [-0.4, -0.2) is 11.1 Å². The van der Waals surface area contributed by atoms with Gasteiger partial charge in [0.25, 0.3) is 5.43 Å². The Morgan fingerprint density at radius 3 is 2.43 bits per heavy atom. The van der Waals surface area contributed by atoms with Crippen LogP contribution in [0.15, 0.2) is 57.7 Å². The molecule has 0 saturated carbocycles. The second-order valence-electron chi connectivity index (χ2n) is 4.97. The predicted molar refractivity (Wildman–Crippen MR) is 81.8 cm³/mol. The summed E-state index contributed by atoms with van der Waals surface area (Å²) in [5, 5.41) is 9.35. The van der Waals surface area contributed by atoms with Gasteiger partial charge in [-0.3, -0.25) is 9.59 Å². The molecule has 3 aromatic rings. The largest absolute Gasteiger partial charge is 1.00 e. The highest BCUT2D eigenvalue weighted by Gasteiger charge is 2.18. The minimum Gasteiger partial charge on any atom is -1.00 e. The average molecular weight is 332 g/mol. The lowest BCUT2D eigenvalue weighted by Crippen LogP contribution is -3.00. The Kier molecular flexibility index (Phi) is 4.83. The van der Waals surface area contributed by atoms with E-state index in [0.717, 1.165) is 5.56 Å². The summed E-state index contributed by atoms with van der Waals surface area (Å²) in [5.74, 6) is -0.606. The van der Waals surface area contributed by atoms with Crippen molar-refractivity contribution in [3.63, 3.8) is 0 Å². The van der Waals surface area contributed by atoms with Crippen molar-refractivity contribution in [2.45, 2.75) is 6.42 Å². The molecule has 1 aromatic heterocycles. The Balaban J connectivity index is 0.00000192. The third kappa shape index (κ3) is 3.11. The summed E-state index contributed by atoms with van der Waals surface area (Å²) in [6, 6.07) is 14.1. The van der Waals surface area contributed by atoms with Crippen molar-refractivity contribution < 1.29 is 32.5 Å². The first-order valence-electron chi connectivity index (χ1n) is 6.76. The number of halogens is 1. The van der Waals surface area contributed by atoms with Gasteiger partial charge in [0.15, 0.2) is 5.76 Å². The standard InChI is InChI=1S/C17H13NO4.ClH/c18-14-15(21)12-8-4-7-11(9-13(19)20)16(12)22-17(14)10-5-2-1-3-6-10;/h1-8H,9,18H2,(H,19,20);1H. The Bertz CT molecular complexity index is 919. The van der Waals surface area contributed by atoms with E-state index in [1.165, 1.54) is 0 Å². The predicted octanol–water partition coefficient (Wildman–Crippen LogP) is -1.04. The molecule has 0 bridgehead atoms. The van der Waals surface area contributed by atoms with Crippen molar-refractivity contribution in [1.29, 1.82) is 0 Å². The van der Waals surface area contributed by atoms with Crippen LogP contribution >= 0.6 is 0 Å². The molecular formula is C17H14ClNO4. The monoisotopic (exact) mass is 331 g/mol. The summed E-state index contributed by atoms with van der Waals surface area (Å²) in [6.07, 6.45) is -0.203. The highest BCUT2D eigenvalue weighted by Crippen LogP contribution is 2.28. The van der Waals surface area contributed by atoms with Gasteiger partial charge in [-0.1, -0.05) is 42.5 Å². The lowest BCUT2D eigenvalue weighted by atomic mass is 10.1. The van der Waals surface area contributed by atoms with E-state index < -0.39 is 5.97 Å². The van der Waals surface area contributed by atoms with Crippen LogP contribution in [0, 0.1) is 0 Å². The molecule has 23 heavy (non-hydrogen) atoms. The SMILES string of the molecule is [Cl-].[NH3+]c1c(-c2ccccc2)oc2c(CC(=O)O)cccc2c1=O. The molecule has 118 valence electrons. The zero-order valence-corrected chi connectivity index (χ0v) is 12.8. The number of hydrogen-bond acceptors (Lipinski definition) is 3. The molecule has 0 spiro atoms. The van der Waals surface area contributed by atoms with Crippen LogP contribution < -0.4 is 23.6 Å². The maximum Gasteiger partial charge on any atom is 0.307 e. The van der Waals surface area contributed by atoms with Crippen LogP contribution in [-0.2, 0) is 11.2 Å². The Morgan fingerprint density at radius 2 is 1.78 bits per heavy atom. The minimum atomic E-state index is -0.977. The van der Waals surface area contributed by atoms with E-state index >= 15 is 0 Å². The van der Waals surface area contributed by atoms with Crippen molar-refractivity contribution in [2.75, 3.05) is 0 Å². The third-order valence-corrected chi connectivity index (χ3v) is 3.47. The fraction of sp³-hybridized carbons (Fsp3) is 0.0588. The van der Waals surface area contributed by atoms with Crippen LogP contribution in [0.25, 0.3) is 22.3 Å². The Labute approximate surface area is 137 Å². The van der Waals surface area contributed by atoms with E-state index in [1.807, 2.05) is 30.3 Å². The normalized spacial score (nSPS) is 10.3. The molecule has 5 nitrogen and oxygen atoms in total. The van der Waals surface area contributed by atoms with Crippen molar-refractivity contribution >= 4 is 22.6 Å². The number of fused-ring (bicyclic) bond motifs is 1. The number of hydrogen-bond donors (Lipinski definition) is 2. The molecule has 0 aliphatic heterocycles. The van der Waals surface area contributed by atoms with Gasteiger partial charge in [0, 0.05) is 11.1 Å². The van der Waals surface area contributed by atoms with E-state index in [-0.39, 0.29) is 29.9 Å². The molecule has 0 amide bonds. The summed E-state index contributed by atoms with van der Waals surface area (Å²) < 4.78 is 5.87. The van der Waals surface area contributed by atoms with Crippen molar-refractivity contribution in [3.05, 3.63) is 64.3 Å². The first-order chi connectivity index (χ1) is 10.6. The van der Waals surface area contributed by atoms with Gasteiger partial charge in [0.1, 0.15) is 5.58 Å². The molecule has 0 radical (unpaired) electrons. The maximum absolute atomic E-state index is 12.5. The van der Waals surface area contributed by atoms with Crippen molar-refractivity contribution in [3.8, 4) is 11.3 Å². The number of carbonyl (C=O) groups is 1. The molecule has 3 rings (SSSR count). The molecule has 2 aromatic carbocycles. The molecule has 0 fully saturated rings. The lowest BCUT2D eigenvalue weighted by molar-refractivity contribution is -0.256. The minimum absolute atomic E-state index is 0. The summed E-state index contributed by atoms with van der Waals surface area (Å²) >= 11 is 0. The summed E-state index contributed by atoms with van der Waals surface area (Å²) in [4.78, 5) is 23.5. The summed E-state index contributed by atoms with van der Waals surface area (Å²) in [7, 11) is 0. The van der Waals surface area contributed by atoms with Gasteiger partial charge in [-0.05, 0) is 6.07 Å². The van der Waals surface area contributed by atoms with Gasteiger partial charge in [-0.15, -0.1) is 0 Å². The summed E-state index contributed by atoms with van der Waals surface area (Å²) in [6.45, 7) is 0. The number of aliphatic carboxylic acids is 1. The van der Waals surface area contributed by atoms with Gasteiger partial charge in [0.2, 0.25) is 5.69 Å². The molecule has 4 N–H and O–H groups in total. The second-order valence-corrected chi connectivity index (χ2v) is 4.97. The molecule has 0 atom stereocenters. The first-order valence-corrected chi connectivity index (χ1v) is 6.76. The van der Waals surface area contributed by atoms with Gasteiger partial charge >= 0.3 is 5.97 Å². The van der Waals surface area contributed by atoms with Crippen LogP contribution in [0.1, 0.15) is 5.56 Å². The van der Waals surface area contributed by atoms with Crippen molar-refractivity contribution in [1.82, 2.24) is 0 Å². The highest BCUT2D eigenvalue weighted by atomic mass is 35.5. The maximum atomic E-state index is 12.5. The molecule has 0 saturated heterocycles. The Hall–Kier alpha value is -2.63. The Morgan fingerprint density at radius 1 is 1.09 bits per heavy atom. The van der Waals surface area contributed by atoms with Gasteiger partial charge in [0.05, 0.1) is 11.8 Å². The van der Waals surface area contributed by atoms with Gasteiger partial charge in [-0.2, -0.15) is 0 Å². The van der Waals surface area contributed by atoms with Crippen LogP contribution in [0.4, 0.5) is 5.69 Å². The lowest BCUT2D eigenvalue weighted by Gasteiger charge is -2.07. The van der Waals surface area contributed by atoms with Crippen LogP contribution in [0.2, 0.25) is 0 Å². The van der Waals surface area contributed by atoms with E-state index in [0.29, 0.717) is 22.3 Å². The number of carboxylic acid groups (broad SMARTS) is 1. The van der Waals surface area contributed by atoms with Gasteiger partial charge < -0.3 is 27.7 Å². The summed E-state index contributed by atoms with van der Waals surface area (Å²) in [5.41, 5.74) is 5.35. The molecular weight excluding hydrogens is 318 g/mol. The van der Waals surface area contributed by atoms with E-state index in [9.17, 15) is 9.59 Å². The molecule has 1 heterocycles. The van der Waals surface area contributed by atoms with E-state index in [2.05, 4.69) is 5.73 Å². The zero-order chi connectivity index (χ0) is 15.7. The third-order valence-electron chi connectivity index (χ3n) is 3.47. The quantitative estimate of drug-likeness (QED) is 0.641. The molecule has 6 heteroatoms. The highest BCUT2D eigenvalue weighted by molar-refractivity contribution is 5.87. The molecule has 0 aliphatic rings. The molecule has 0 aliphatic carbocycles. The smallest absolute Gasteiger partial charge is 0.307 e. The molecule has 0 unspecified atom stereocenters. The van der Waals surface area contributed by atoms with E-state index in [1.54, 1.807) is 18.2 Å². The zero-order valence-electron chi connectivity index (χ0n) is 12.1. The number of benzene rings is 2. The van der Waals surface area contributed by atoms with Crippen LogP contribution in [0.3, 0.4) is 0 Å². The first kappa shape index (κ1) is 16.7. The number of rotatable bonds is 3. The second kappa shape index (κ2) is 6.64. The average Bonchev–Trinajstić information content (AvgIpc) is 2.51. The number of quaternary nitrogens is 1. The number of para-hydroxylation sites is 1. The fourth-order valence-electron chi connectivity index (χ4n) is 2.44. The van der Waals surface area contributed by atoms with Crippen molar-refractivity contribution in [2.24, 2.45) is 0 Å². The fourth-order valence-corrected chi connectivity index (χ4v) is 2.44. The van der Waals surface area contributed by atoms with Gasteiger partial charge in [-0.25, -0.2) is 0 Å². The number of carboxylic acids is 1.